The number of amides is 1. The fourth-order valence-electron chi connectivity index (χ4n) is 1.83. The summed E-state index contributed by atoms with van der Waals surface area (Å²) >= 11 is 0. The minimum Gasteiger partial charge on any atom is -0.383 e. The van der Waals surface area contributed by atoms with Crippen molar-refractivity contribution in [1.29, 1.82) is 5.26 Å². The van der Waals surface area contributed by atoms with Crippen molar-refractivity contribution in [2.75, 3.05) is 26.8 Å². The molecule has 1 rings (SSSR count). The fourth-order valence-corrected chi connectivity index (χ4v) is 1.83. The van der Waals surface area contributed by atoms with Crippen LogP contribution in [-0.2, 0) is 11.2 Å². The standard InChI is InChI=1S/C14H20N4O2/c1-4-13-12(10-11(2)16-17-13)14(19)18(7-5-6-15)8-9-20-3/h10H,4-5,7-9H2,1-3H3. The van der Waals surface area contributed by atoms with E-state index in [2.05, 4.69) is 16.3 Å². The summed E-state index contributed by atoms with van der Waals surface area (Å²) in [6.45, 7) is 5.03. The maximum atomic E-state index is 12.6. The van der Waals surface area contributed by atoms with E-state index < -0.39 is 0 Å². The Kier molecular flexibility index (Phi) is 6.60. The van der Waals surface area contributed by atoms with Crippen molar-refractivity contribution >= 4 is 5.91 Å². The second-order valence-corrected chi connectivity index (χ2v) is 4.39. The van der Waals surface area contributed by atoms with Gasteiger partial charge in [0.1, 0.15) is 0 Å². The van der Waals surface area contributed by atoms with Gasteiger partial charge in [0.05, 0.1) is 36.0 Å². The third-order valence-electron chi connectivity index (χ3n) is 2.90. The molecule has 1 amide bonds. The van der Waals surface area contributed by atoms with Crippen molar-refractivity contribution in [3.05, 3.63) is 23.0 Å². The van der Waals surface area contributed by atoms with Gasteiger partial charge < -0.3 is 9.64 Å². The summed E-state index contributed by atoms with van der Waals surface area (Å²) in [5.74, 6) is -0.118. The molecule has 6 heteroatoms. The number of carbonyl (C=O) groups excluding carboxylic acids is 1. The zero-order chi connectivity index (χ0) is 15.0. The highest BCUT2D eigenvalue weighted by atomic mass is 16.5. The largest absolute Gasteiger partial charge is 0.383 e. The second-order valence-electron chi connectivity index (χ2n) is 4.39. The van der Waals surface area contributed by atoms with Gasteiger partial charge in [-0.05, 0) is 19.4 Å². The Morgan fingerprint density at radius 1 is 1.45 bits per heavy atom. The Morgan fingerprint density at radius 2 is 2.20 bits per heavy atom. The van der Waals surface area contributed by atoms with Crippen molar-refractivity contribution in [1.82, 2.24) is 15.1 Å². The van der Waals surface area contributed by atoms with Crippen LogP contribution in [-0.4, -0.2) is 47.8 Å². The van der Waals surface area contributed by atoms with Crippen LogP contribution in [0.25, 0.3) is 0 Å². The van der Waals surface area contributed by atoms with E-state index in [0.717, 1.165) is 0 Å². The number of hydrogen-bond donors (Lipinski definition) is 0. The molecule has 0 aliphatic rings. The molecule has 0 aliphatic carbocycles. The summed E-state index contributed by atoms with van der Waals surface area (Å²) in [6.07, 6.45) is 0.944. The van der Waals surface area contributed by atoms with E-state index in [1.54, 1.807) is 25.0 Å². The molecule has 0 unspecified atom stereocenters. The van der Waals surface area contributed by atoms with E-state index in [0.29, 0.717) is 49.5 Å². The van der Waals surface area contributed by atoms with Crippen molar-refractivity contribution in [2.45, 2.75) is 26.7 Å². The molecule has 20 heavy (non-hydrogen) atoms. The minimum absolute atomic E-state index is 0.118. The lowest BCUT2D eigenvalue weighted by molar-refractivity contribution is 0.0698. The molecule has 0 saturated heterocycles. The molecule has 6 nitrogen and oxygen atoms in total. The first-order valence-electron chi connectivity index (χ1n) is 6.62. The van der Waals surface area contributed by atoms with Gasteiger partial charge in [-0.2, -0.15) is 15.5 Å². The number of nitrogens with zero attached hydrogens (tertiary/aromatic N) is 4. The molecule has 1 heterocycles. The van der Waals surface area contributed by atoms with Crippen LogP contribution in [0.4, 0.5) is 0 Å². The van der Waals surface area contributed by atoms with Crippen molar-refractivity contribution < 1.29 is 9.53 Å². The SMILES string of the molecule is CCc1nnc(C)cc1C(=O)N(CCC#N)CCOC. The fraction of sp³-hybridized carbons (Fsp3) is 0.571. The predicted octanol–water partition coefficient (Wildman–Crippen LogP) is 1.35. The van der Waals surface area contributed by atoms with Crippen molar-refractivity contribution in [3.63, 3.8) is 0 Å². The molecule has 1 aromatic heterocycles. The molecular weight excluding hydrogens is 256 g/mol. The molecule has 1 aromatic rings. The highest BCUT2D eigenvalue weighted by molar-refractivity contribution is 5.95. The molecule has 108 valence electrons. The summed E-state index contributed by atoms with van der Waals surface area (Å²) in [7, 11) is 1.59. The predicted molar refractivity (Wildman–Crippen MR) is 74.2 cm³/mol. The molecule has 0 fully saturated rings. The lowest BCUT2D eigenvalue weighted by atomic mass is 10.1. The van der Waals surface area contributed by atoms with E-state index >= 15 is 0 Å². The summed E-state index contributed by atoms with van der Waals surface area (Å²) in [6, 6.07) is 3.81. The maximum Gasteiger partial charge on any atom is 0.255 e. The van der Waals surface area contributed by atoms with E-state index in [1.165, 1.54) is 0 Å². The number of aryl methyl sites for hydroxylation is 2. The number of aromatic nitrogens is 2. The molecule has 0 aromatic carbocycles. The number of nitriles is 1. The molecule has 0 bridgehead atoms. The van der Waals surface area contributed by atoms with E-state index in [-0.39, 0.29) is 5.91 Å². The molecule has 0 spiro atoms. The quantitative estimate of drug-likeness (QED) is 0.751. The third kappa shape index (κ3) is 4.28. The molecule has 0 aliphatic heterocycles. The van der Waals surface area contributed by atoms with Crippen LogP contribution in [0, 0.1) is 18.3 Å². The number of ether oxygens (including phenoxy) is 1. The maximum absolute atomic E-state index is 12.6. The number of rotatable bonds is 7. The average molecular weight is 276 g/mol. The Hall–Kier alpha value is -2.00. The van der Waals surface area contributed by atoms with Gasteiger partial charge in [0.25, 0.3) is 5.91 Å². The Morgan fingerprint density at radius 3 is 2.80 bits per heavy atom. The Labute approximate surface area is 119 Å². The van der Waals surface area contributed by atoms with Crippen LogP contribution in [0.3, 0.4) is 0 Å². The van der Waals surface area contributed by atoms with Gasteiger partial charge >= 0.3 is 0 Å². The lowest BCUT2D eigenvalue weighted by Crippen LogP contribution is -2.35. The van der Waals surface area contributed by atoms with Crippen LogP contribution in [0.1, 0.15) is 35.1 Å². The molecule has 0 N–H and O–H groups in total. The van der Waals surface area contributed by atoms with Gasteiger partial charge in [0.15, 0.2) is 0 Å². The molecule has 0 radical (unpaired) electrons. The van der Waals surface area contributed by atoms with Gasteiger partial charge in [-0.25, -0.2) is 0 Å². The Balaban J connectivity index is 2.98. The third-order valence-corrected chi connectivity index (χ3v) is 2.90. The van der Waals surface area contributed by atoms with Gasteiger partial charge in [-0.15, -0.1) is 0 Å². The first kappa shape index (κ1) is 16.1. The summed E-state index contributed by atoms with van der Waals surface area (Å²) < 4.78 is 5.01. The molecule has 0 saturated carbocycles. The molecule has 0 atom stereocenters. The van der Waals surface area contributed by atoms with Gasteiger partial charge in [-0.3, -0.25) is 4.79 Å². The van der Waals surface area contributed by atoms with Crippen LogP contribution >= 0.6 is 0 Å². The highest BCUT2D eigenvalue weighted by Gasteiger charge is 2.19. The summed E-state index contributed by atoms with van der Waals surface area (Å²) in [5, 5.41) is 16.7. The van der Waals surface area contributed by atoms with Gasteiger partial charge in [0, 0.05) is 20.2 Å². The van der Waals surface area contributed by atoms with E-state index in [1.807, 2.05) is 6.92 Å². The molecular formula is C14H20N4O2. The van der Waals surface area contributed by atoms with Crippen LogP contribution in [0.5, 0.6) is 0 Å². The Bertz CT molecular complexity index is 496. The van der Waals surface area contributed by atoms with E-state index in [4.69, 9.17) is 10.00 Å². The van der Waals surface area contributed by atoms with E-state index in [9.17, 15) is 4.79 Å². The minimum atomic E-state index is -0.118. The number of methoxy groups -OCH3 is 1. The van der Waals surface area contributed by atoms with Crippen LogP contribution in [0.15, 0.2) is 6.07 Å². The zero-order valence-electron chi connectivity index (χ0n) is 12.2. The number of hydrogen-bond acceptors (Lipinski definition) is 5. The van der Waals surface area contributed by atoms with Crippen molar-refractivity contribution in [3.8, 4) is 6.07 Å². The first-order valence-corrected chi connectivity index (χ1v) is 6.62. The number of carbonyl (C=O) groups is 1. The normalized spacial score (nSPS) is 10.1. The average Bonchev–Trinajstić information content (AvgIpc) is 2.46. The van der Waals surface area contributed by atoms with Crippen molar-refractivity contribution in [2.24, 2.45) is 0 Å². The highest BCUT2D eigenvalue weighted by Crippen LogP contribution is 2.11. The lowest BCUT2D eigenvalue weighted by Gasteiger charge is -2.22. The van der Waals surface area contributed by atoms with Crippen LogP contribution < -0.4 is 0 Å². The second kappa shape index (κ2) is 8.23. The van der Waals surface area contributed by atoms with Gasteiger partial charge in [0.2, 0.25) is 0 Å². The summed E-state index contributed by atoms with van der Waals surface area (Å²) in [5.41, 5.74) is 1.95. The monoisotopic (exact) mass is 276 g/mol. The van der Waals surface area contributed by atoms with Gasteiger partial charge in [-0.1, -0.05) is 6.92 Å². The summed E-state index contributed by atoms with van der Waals surface area (Å²) in [4.78, 5) is 14.2. The smallest absolute Gasteiger partial charge is 0.255 e. The zero-order valence-corrected chi connectivity index (χ0v) is 12.2. The van der Waals surface area contributed by atoms with Crippen LogP contribution in [0.2, 0.25) is 0 Å². The first-order chi connectivity index (χ1) is 9.63. The topological polar surface area (TPSA) is 79.1 Å².